The number of nitrogens with zero attached hydrogens (tertiary/aromatic N) is 1. The Hall–Kier alpha value is -1.84. The van der Waals surface area contributed by atoms with Crippen LogP contribution in [0.3, 0.4) is 0 Å². The molecule has 1 aromatic carbocycles. The second-order valence-corrected chi connectivity index (χ2v) is 9.21. The number of nitrogens with one attached hydrogen (secondary N) is 1. The van der Waals surface area contributed by atoms with Crippen LogP contribution >= 0.6 is 11.6 Å². The molecule has 0 atom stereocenters. The van der Waals surface area contributed by atoms with Crippen molar-refractivity contribution in [3.63, 3.8) is 0 Å². The molecule has 0 unspecified atom stereocenters. The van der Waals surface area contributed by atoms with Crippen LogP contribution in [-0.4, -0.2) is 58.0 Å². The van der Waals surface area contributed by atoms with Crippen molar-refractivity contribution < 1.29 is 27.5 Å². The van der Waals surface area contributed by atoms with Crippen LogP contribution in [0.25, 0.3) is 0 Å². The molecule has 0 aliphatic carbocycles. The molecule has 10 heteroatoms. The van der Waals surface area contributed by atoms with Crippen LogP contribution in [-0.2, 0) is 24.3 Å². The zero-order valence-electron chi connectivity index (χ0n) is 17.4. The number of hydrogen-bond donors (Lipinski definition) is 1. The van der Waals surface area contributed by atoms with Crippen molar-refractivity contribution in [1.82, 2.24) is 9.62 Å². The molecule has 0 bridgehead atoms. The molecule has 2 rings (SSSR count). The summed E-state index contributed by atoms with van der Waals surface area (Å²) in [4.78, 5) is 25.9. The molecule has 1 aromatic rings. The van der Waals surface area contributed by atoms with Crippen LogP contribution in [0, 0.1) is 5.92 Å². The summed E-state index contributed by atoms with van der Waals surface area (Å²) in [5.41, 5.74) is 0. The highest BCUT2D eigenvalue weighted by Crippen LogP contribution is 2.27. The quantitative estimate of drug-likeness (QED) is 0.425. The predicted molar refractivity (Wildman–Crippen MR) is 113 cm³/mol. The van der Waals surface area contributed by atoms with Crippen molar-refractivity contribution in [1.29, 1.82) is 0 Å². The maximum absolute atomic E-state index is 12.4. The summed E-state index contributed by atoms with van der Waals surface area (Å²) in [7, 11) is -3.64. The van der Waals surface area contributed by atoms with Crippen LogP contribution < -0.4 is 9.46 Å². The first-order valence-electron chi connectivity index (χ1n) is 10.1. The SMILES string of the molecule is CCCCNS(=O)(=O)c1ccc(OCC(=O)N2CCC(C(=O)OCC)CC2)c(Cl)c1. The number of amides is 1. The summed E-state index contributed by atoms with van der Waals surface area (Å²) in [6.07, 6.45) is 2.74. The highest BCUT2D eigenvalue weighted by atomic mass is 35.5. The minimum atomic E-state index is -3.64. The fraction of sp³-hybridized carbons (Fsp3) is 0.600. The number of rotatable bonds is 10. The Balaban J connectivity index is 1.87. The predicted octanol–water partition coefficient (Wildman–Crippen LogP) is 2.60. The van der Waals surface area contributed by atoms with Crippen molar-refractivity contribution in [3.05, 3.63) is 23.2 Å². The first-order valence-corrected chi connectivity index (χ1v) is 12.0. The molecule has 0 radical (unpaired) electrons. The first-order chi connectivity index (χ1) is 14.3. The van der Waals surface area contributed by atoms with Gasteiger partial charge in [0.05, 0.1) is 22.4 Å². The fourth-order valence-electron chi connectivity index (χ4n) is 3.09. The van der Waals surface area contributed by atoms with E-state index in [1.807, 2.05) is 6.92 Å². The maximum Gasteiger partial charge on any atom is 0.309 e. The van der Waals surface area contributed by atoms with Gasteiger partial charge in [-0.25, -0.2) is 13.1 Å². The summed E-state index contributed by atoms with van der Waals surface area (Å²) in [5, 5.41) is 0.113. The Morgan fingerprint density at radius 2 is 1.93 bits per heavy atom. The number of hydrogen-bond acceptors (Lipinski definition) is 6. The van der Waals surface area contributed by atoms with E-state index in [1.54, 1.807) is 11.8 Å². The number of carbonyl (C=O) groups is 2. The van der Waals surface area contributed by atoms with E-state index >= 15 is 0 Å². The van der Waals surface area contributed by atoms with Crippen molar-refractivity contribution >= 4 is 33.5 Å². The van der Waals surface area contributed by atoms with E-state index in [0.717, 1.165) is 12.8 Å². The van der Waals surface area contributed by atoms with Crippen LogP contribution in [0.5, 0.6) is 5.75 Å². The molecule has 1 aliphatic rings. The van der Waals surface area contributed by atoms with Crippen LogP contribution in [0.2, 0.25) is 5.02 Å². The normalized spacial score (nSPS) is 15.1. The third-order valence-electron chi connectivity index (χ3n) is 4.85. The molecular weight excluding hydrogens is 432 g/mol. The van der Waals surface area contributed by atoms with E-state index in [2.05, 4.69) is 4.72 Å². The van der Waals surface area contributed by atoms with Crippen molar-refractivity contribution in [2.45, 2.75) is 44.4 Å². The molecule has 1 heterocycles. The molecule has 1 aliphatic heterocycles. The van der Waals surface area contributed by atoms with Gasteiger partial charge in [-0.05, 0) is 44.4 Å². The third-order valence-corrected chi connectivity index (χ3v) is 6.61. The van der Waals surface area contributed by atoms with Crippen LogP contribution in [0.15, 0.2) is 23.1 Å². The fourth-order valence-corrected chi connectivity index (χ4v) is 4.49. The topological polar surface area (TPSA) is 102 Å². The number of carbonyl (C=O) groups excluding carboxylic acids is 2. The molecule has 0 spiro atoms. The Morgan fingerprint density at radius 3 is 2.53 bits per heavy atom. The highest BCUT2D eigenvalue weighted by Gasteiger charge is 2.28. The van der Waals surface area contributed by atoms with Gasteiger partial charge in [-0.3, -0.25) is 9.59 Å². The van der Waals surface area contributed by atoms with Gasteiger partial charge in [-0.15, -0.1) is 0 Å². The van der Waals surface area contributed by atoms with Gasteiger partial charge in [0, 0.05) is 19.6 Å². The Labute approximate surface area is 182 Å². The summed E-state index contributed by atoms with van der Waals surface area (Å²) in [5.74, 6) is -0.373. The lowest BCUT2D eigenvalue weighted by Crippen LogP contribution is -2.42. The van der Waals surface area contributed by atoms with E-state index in [-0.39, 0.29) is 40.1 Å². The lowest BCUT2D eigenvalue weighted by molar-refractivity contribution is -0.151. The Kier molecular flexibility index (Phi) is 9.38. The van der Waals surface area contributed by atoms with Crippen LogP contribution in [0.4, 0.5) is 0 Å². The number of piperidine rings is 1. The smallest absolute Gasteiger partial charge is 0.309 e. The van der Waals surface area contributed by atoms with Gasteiger partial charge in [-0.2, -0.15) is 0 Å². The average Bonchev–Trinajstić information content (AvgIpc) is 2.73. The monoisotopic (exact) mass is 460 g/mol. The van der Waals surface area contributed by atoms with E-state index in [9.17, 15) is 18.0 Å². The molecule has 1 N–H and O–H groups in total. The van der Waals surface area contributed by atoms with Gasteiger partial charge >= 0.3 is 5.97 Å². The van der Waals surface area contributed by atoms with Crippen LogP contribution in [0.1, 0.15) is 39.5 Å². The van der Waals surface area contributed by atoms with Gasteiger partial charge in [-0.1, -0.05) is 24.9 Å². The summed E-state index contributed by atoms with van der Waals surface area (Å²) < 4.78 is 37.6. The molecule has 8 nitrogen and oxygen atoms in total. The Bertz CT molecular complexity index is 838. The number of esters is 1. The number of sulfonamides is 1. The first kappa shape index (κ1) is 24.4. The Morgan fingerprint density at radius 1 is 1.23 bits per heavy atom. The van der Waals surface area contributed by atoms with E-state index in [0.29, 0.717) is 39.1 Å². The van der Waals surface area contributed by atoms with E-state index < -0.39 is 10.0 Å². The van der Waals surface area contributed by atoms with E-state index in [4.69, 9.17) is 21.1 Å². The standard InChI is InChI=1S/C20H29ClN2O6S/c1-3-5-10-22-30(26,27)16-6-7-18(17(21)13-16)29-14-19(24)23-11-8-15(9-12-23)20(25)28-4-2/h6-7,13,15,22H,3-5,8-12,14H2,1-2H3. The zero-order chi connectivity index (χ0) is 22.1. The number of ether oxygens (including phenoxy) is 2. The molecule has 0 aromatic heterocycles. The largest absolute Gasteiger partial charge is 0.482 e. The molecule has 1 fully saturated rings. The maximum atomic E-state index is 12.4. The zero-order valence-corrected chi connectivity index (χ0v) is 18.9. The summed E-state index contributed by atoms with van der Waals surface area (Å²) in [6, 6.07) is 4.14. The molecule has 168 valence electrons. The van der Waals surface area contributed by atoms with Gasteiger partial charge in [0.15, 0.2) is 6.61 Å². The third kappa shape index (κ3) is 6.85. The second kappa shape index (κ2) is 11.5. The lowest BCUT2D eigenvalue weighted by atomic mass is 9.97. The summed E-state index contributed by atoms with van der Waals surface area (Å²) in [6.45, 7) is 5.15. The molecule has 1 amide bonds. The van der Waals surface area contributed by atoms with Crippen molar-refractivity contribution in [2.24, 2.45) is 5.92 Å². The van der Waals surface area contributed by atoms with E-state index in [1.165, 1.54) is 18.2 Å². The van der Waals surface area contributed by atoms with Gasteiger partial charge < -0.3 is 14.4 Å². The van der Waals surface area contributed by atoms with Crippen molar-refractivity contribution in [3.8, 4) is 5.75 Å². The van der Waals surface area contributed by atoms with Crippen molar-refractivity contribution in [2.75, 3.05) is 32.8 Å². The van der Waals surface area contributed by atoms with Gasteiger partial charge in [0.25, 0.3) is 5.91 Å². The number of unbranched alkanes of at least 4 members (excludes halogenated alkanes) is 1. The molecule has 0 saturated carbocycles. The minimum Gasteiger partial charge on any atom is -0.482 e. The summed E-state index contributed by atoms with van der Waals surface area (Å²) >= 11 is 6.16. The lowest BCUT2D eigenvalue weighted by Gasteiger charge is -2.30. The number of halogens is 1. The van der Waals surface area contributed by atoms with Gasteiger partial charge in [0.1, 0.15) is 5.75 Å². The molecule has 1 saturated heterocycles. The average molecular weight is 461 g/mol. The number of benzene rings is 1. The molecular formula is C20H29ClN2O6S. The minimum absolute atomic E-state index is 0.0447. The second-order valence-electron chi connectivity index (χ2n) is 7.04. The molecule has 30 heavy (non-hydrogen) atoms. The number of likely N-dealkylation sites (tertiary alicyclic amines) is 1. The van der Waals surface area contributed by atoms with Gasteiger partial charge in [0.2, 0.25) is 10.0 Å². The highest BCUT2D eigenvalue weighted by molar-refractivity contribution is 7.89.